The molecule has 1 aromatic rings. The molecule has 184 valence electrons. The summed E-state index contributed by atoms with van der Waals surface area (Å²) in [5, 5.41) is 13.1. The number of pyridine rings is 1. The fourth-order valence-electron chi connectivity index (χ4n) is 4.94. The number of halogens is 6. The van der Waals surface area contributed by atoms with Crippen molar-refractivity contribution in [3.05, 3.63) is 29.1 Å². The zero-order chi connectivity index (χ0) is 24.0. The highest BCUT2D eigenvalue weighted by atomic mass is 19.4. The predicted octanol–water partition coefficient (Wildman–Crippen LogP) is 2.83. The molecule has 2 aliphatic heterocycles. The summed E-state index contributed by atoms with van der Waals surface area (Å²) >= 11 is 0. The van der Waals surface area contributed by atoms with Crippen molar-refractivity contribution >= 4 is 5.91 Å². The van der Waals surface area contributed by atoms with Gasteiger partial charge in [0.25, 0.3) is 0 Å². The van der Waals surface area contributed by atoms with Crippen LogP contribution in [0.25, 0.3) is 0 Å². The topological polar surface area (TPSA) is 74.7 Å². The Hall–Kier alpha value is -1.92. The highest BCUT2D eigenvalue weighted by Crippen LogP contribution is 2.38. The Morgan fingerprint density at radius 1 is 1.21 bits per heavy atom. The number of aromatic nitrogens is 1. The Balaban J connectivity index is 1.38. The third kappa shape index (κ3) is 4.83. The van der Waals surface area contributed by atoms with Crippen LogP contribution >= 0.6 is 0 Å². The zero-order valence-electron chi connectivity index (χ0n) is 17.7. The van der Waals surface area contributed by atoms with Crippen molar-refractivity contribution in [2.45, 2.75) is 68.7 Å². The van der Waals surface area contributed by atoms with Gasteiger partial charge in [0.2, 0.25) is 5.91 Å². The van der Waals surface area contributed by atoms with Crippen LogP contribution in [0.3, 0.4) is 0 Å². The second-order valence-electron chi connectivity index (χ2n) is 9.03. The Morgan fingerprint density at radius 3 is 2.67 bits per heavy atom. The number of fused-ring (bicyclic) bond motifs is 1. The van der Waals surface area contributed by atoms with E-state index in [0.717, 1.165) is 12.3 Å². The van der Waals surface area contributed by atoms with E-state index in [1.807, 2.05) is 0 Å². The highest BCUT2D eigenvalue weighted by Gasteiger charge is 2.60. The number of hydrogen-bond acceptors (Lipinski definition) is 5. The molecule has 12 heteroatoms. The SMILES string of the molecule is O=C([C@H]1CC[C@@H](NC2CCOCC2(O)C(F)(F)F)C1)N1CCc2ncc(C(F)(F)F)cc2C1. The third-order valence-corrected chi connectivity index (χ3v) is 6.84. The molecule has 0 bridgehead atoms. The van der Waals surface area contributed by atoms with Crippen LogP contribution in [0.4, 0.5) is 26.3 Å². The van der Waals surface area contributed by atoms with Crippen molar-refractivity contribution in [1.82, 2.24) is 15.2 Å². The van der Waals surface area contributed by atoms with Crippen LogP contribution in [0.5, 0.6) is 0 Å². The minimum atomic E-state index is -4.86. The van der Waals surface area contributed by atoms with Crippen LogP contribution < -0.4 is 5.32 Å². The van der Waals surface area contributed by atoms with Crippen LogP contribution in [-0.4, -0.2) is 64.5 Å². The van der Waals surface area contributed by atoms with Crippen molar-refractivity contribution in [1.29, 1.82) is 0 Å². The van der Waals surface area contributed by atoms with Gasteiger partial charge in [-0.15, -0.1) is 0 Å². The Morgan fingerprint density at radius 2 is 1.97 bits per heavy atom. The Bertz CT molecular complexity index is 893. The van der Waals surface area contributed by atoms with Crippen molar-refractivity contribution in [3.63, 3.8) is 0 Å². The van der Waals surface area contributed by atoms with E-state index in [9.17, 15) is 36.2 Å². The van der Waals surface area contributed by atoms with Crippen molar-refractivity contribution in [3.8, 4) is 0 Å². The molecule has 2 fully saturated rings. The number of aliphatic hydroxyl groups is 1. The first-order valence-corrected chi connectivity index (χ1v) is 10.8. The number of ether oxygens (including phenoxy) is 1. The number of carbonyl (C=O) groups excluding carboxylic acids is 1. The predicted molar refractivity (Wildman–Crippen MR) is 103 cm³/mol. The quantitative estimate of drug-likeness (QED) is 0.650. The maximum absolute atomic E-state index is 13.4. The van der Waals surface area contributed by atoms with Gasteiger partial charge in [-0.05, 0) is 37.3 Å². The van der Waals surface area contributed by atoms with E-state index < -0.39 is 42.1 Å². The third-order valence-electron chi connectivity index (χ3n) is 6.84. The molecule has 2 N–H and O–H groups in total. The number of nitrogens with one attached hydrogen (secondary N) is 1. The van der Waals surface area contributed by atoms with E-state index in [1.165, 1.54) is 4.90 Å². The summed E-state index contributed by atoms with van der Waals surface area (Å²) in [5.74, 6) is -0.665. The van der Waals surface area contributed by atoms with Gasteiger partial charge in [-0.1, -0.05) is 0 Å². The average Bonchev–Trinajstić information content (AvgIpc) is 3.21. The lowest BCUT2D eigenvalue weighted by Gasteiger charge is -2.42. The second kappa shape index (κ2) is 8.70. The molecule has 1 aromatic heterocycles. The van der Waals surface area contributed by atoms with Gasteiger partial charge in [0, 0.05) is 56.0 Å². The lowest BCUT2D eigenvalue weighted by Crippen LogP contribution is -2.66. The maximum atomic E-state index is 13.4. The molecule has 1 saturated carbocycles. The molecule has 33 heavy (non-hydrogen) atoms. The highest BCUT2D eigenvalue weighted by molar-refractivity contribution is 5.79. The van der Waals surface area contributed by atoms with Crippen molar-refractivity contribution < 1.29 is 41.0 Å². The van der Waals surface area contributed by atoms with E-state index in [0.29, 0.717) is 43.5 Å². The monoisotopic (exact) mass is 481 g/mol. The summed E-state index contributed by atoms with van der Waals surface area (Å²) in [5.41, 5.74) is -2.97. The van der Waals surface area contributed by atoms with Gasteiger partial charge in [0.05, 0.1) is 12.2 Å². The van der Waals surface area contributed by atoms with Crippen LogP contribution in [0.2, 0.25) is 0 Å². The summed E-state index contributed by atoms with van der Waals surface area (Å²) < 4.78 is 84.1. The number of rotatable bonds is 3. The van der Waals surface area contributed by atoms with E-state index in [1.54, 1.807) is 0 Å². The first kappa shape index (κ1) is 24.2. The van der Waals surface area contributed by atoms with Crippen molar-refractivity contribution in [2.75, 3.05) is 19.8 Å². The van der Waals surface area contributed by atoms with Gasteiger partial charge < -0.3 is 20.1 Å². The van der Waals surface area contributed by atoms with Gasteiger partial charge in [0.1, 0.15) is 0 Å². The summed E-state index contributed by atoms with van der Waals surface area (Å²) in [7, 11) is 0. The first-order chi connectivity index (χ1) is 15.4. The molecule has 4 atom stereocenters. The van der Waals surface area contributed by atoms with Gasteiger partial charge in [-0.3, -0.25) is 9.78 Å². The largest absolute Gasteiger partial charge is 0.421 e. The van der Waals surface area contributed by atoms with Crippen LogP contribution in [0.15, 0.2) is 12.3 Å². The average molecular weight is 481 g/mol. The number of carbonyl (C=O) groups is 1. The molecule has 1 amide bonds. The first-order valence-electron chi connectivity index (χ1n) is 10.8. The minimum Gasteiger partial charge on any atom is -0.378 e. The summed E-state index contributed by atoms with van der Waals surface area (Å²) in [6.45, 7) is -0.406. The van der Waals surface area contributed by atoms with Gasteiger partial charge >= 0.3 is 12.4 Å². The Labute approximate surface area is 186 Å². The van der Waals surface area contributed by atoms with E-state index >= 15 is 0 Å². The molecule has 3 heterocycles. The van der Waals surface area contributed by atoms with Crippen LogP contribution in [0.1, 0.15) is 42.5 Å². The van der Waals surface area contributed by atoms with Crippen LogP contribution in [-0.2, 0) is 28.7 Å². The minimum absolute atomic E-state index is 0.0113. The zero-order valence-corrected chi connectivity index (χ0v) is 17.7. The molecule has 2 unspecified atom stereocenters. The lowest BCUT2D eigenvalue weighted by atomic mass is 9.89. The molecule has 3 aliphatic rings. The second-order valence-corrected chi connectivity index (χ2v) is 9.03. The summed E-state index contributed by atoms with van der Waals surface area (Å²) in [6.07, 6.45) is -7.04. The maximum Gasteiger partial charge on any atom is 0.421 e. The lowest BCUT2D eigenvalue weighted by molar-refractivity contribution is -0.297. The number of alkyl halides is 6. The summed E-state index contributed by atoms with van der Waals surface area (Å²) in [4.78, 5) is 18.4. The number of nitrogens with zero attached hydrogens (tertiary/aromatic N) is 2. The summed E-state index contributed by atoms with van der Waals surface area (Å²) in [6, 6.07) is -0.602. The van der Waals surface area contributed by atoms with E-state index in [2.05, 4.69) is 10.3 Å². The molecule has 1 aliphatic carbocycles. The molecule has 0 spiro atoms. The molecule has 4 rings (SSSR count). The van der Waals surface area contributed by atoms with Crippen LogP contribution in [0, 0.1) is 5.92 Å². The number of hydrogen-bond donors (Lipinski definition) is 2. The molecular formula is C21H25F6N3O3. The molecule has 6 nitrogen and oxygen atoms in total. The van der Waals surface area contributed by atoms with Gasteiger partial charge in [0.15, 0.2) is 5.60 Å². The molecule has 1 saturated heterocycles. The smallest absolute Gasteiger partial charge is 0.378 e. The molecular weight excluding hydrogens is 456 g/mol. The standard InChI is InChI=1S/C21H25F6N3O3/c22-20(23,24)14-7-13-10-30(5-3-16(13)28-9-14)18(31)12-1-2-15(8-12)29-17-4-6-33-11-19(17,32)21(25,26)27/h7,9,12,15,17,29,32H,1-6,8,10-11H2/t12-,15+,17?,19?/m0/s1. The molecule has 0 radical (unpaired) electrons. The Kier molecular flexibility index (Phi) is 6.38. The van der Waals surface area contributed by atoms with E-state index in [-0.39, 0.29) is 31.5 Å². The van der Waals surface area contributed by atoms with Gasteiger partial charge in [-0.2, -0.15) is 26.3 Å². The fourth-order valence-corrected chi connectivity index (χ4v) is 4.94. The van der Waals surface area contributed by atoms with E-state index in [4.69, 9.17) is 4.74 Å². The molecule has 0 aromatic carbocycles. The van der Waals surface area contributed by atoms with Crippen molar-refractivity contribution in [2.24, 2.45) is 5.92 Å². The number of amides is 1. The fraction of sp³-hybridized carbons (Fsp3) is 0.714. The normalized spacial score (nSPS) is 30.9. The van der Waals surface area contributed by atoms with Gasteiger partial charge in [-0.25, -0.2) is 0 Å².